The van der Waals surface area contributed by atoms with Crippen molar-refractivity contribution >= 4 is 37.8 Å². The van der Waals surface area contributed by atoms with Gasteiger partial charge in [0.25, 0.3) is 5.91 Å². The van der Waals surface area contributed by atoms with Gasteiger partial charge in [0, 0.05) is 26.8 Å². The van der Waals surface area contributed by atoms with Gasteiger partial charge in [0.05, 0.1) is 21.2 Å². The Bertz CT molecular complexity index is 768. The third-order valence-electron chi connectivity index (χ3n) is 3.31. The molecule has 0 N–H and O–H groups in total. The molecule has 6 nitrogen and oxygen atoms in total. The molecule has 132 valence electrons. The van der Waals surface area contributed by atoms with Crippen molar-refractivity contribution in [3.8, 4) is 0 Å². The van der Waals surface area contributed by atoms with Gasteiger partial charge in [-0.2, -0.15) is 23.4 Å². The Morgan fingerprint density at radius 2 is 1.96 bits per heavy atom. The van der Waals surface area contributed by atoms with E-state index in [2.05, 4.69) is 42.1 Å². The number of aryl methyl sites for hydroxylation is 2. The van der Waals surface area contributed by atoms with Gasteiger partial charge < -0.3 is 4.90 Å². The van der Waals surface area contributed by atoms with Crippen LogP contribution in [-0.4, -0.2) is 37.4 Å². The molecule has 1 amide bonds. The lowest BCUT2D eigenvalue weighted by molar-refractivity contribution is -0.144. The van der Waals surface area contributed by atoms with E-state index in [9.17, 15) is 18.0 Å². The predicted octanol–water partition coefficient (Wildman–Crippen LogP) is 3.45. The lowest BCUT2D eigenvalue weighted by Crippen LogP contribution is -2.27. The fourth-order valence-electron chi connectivity index (χ4n) is 2.13. The molecule has 2 aromatic rings. The Labute approximate surface area is 152 Å². The number of alkyl halides is 3. The number of nitrogens with zero attached hydrogens (tertiary/aromatic N) is 5. The number of hydrogen-bond donors (Lipinski definition) is 0. The minimum atomic E-state index is -4.61. The average molecular weight is 473 g/mol. The molecule has 0 saturated carbocycles. The molecule has 0 aromatic carbocycles. The van der Waals surface area contributed by atoms with Crippen LogP contribution >= 0.6 is 31.9 Å². The van der Waals surface area contributed by atoms with Crippen LogP contribution in [0.5, 0.6) is 0 Å². The molecule has 11 heteroatoms. The number of carbonyl (C=O) groups excluding carboxylic acids is 1. The molecule has 2 rings (SSSR count). The summed E-state index contributed by atoms with van der Waals surface area (Å²) in [6.07, 6.45) is -2.84. The lowest BCUT2D eigenvalue weighted by atomic mass is 10.3. The van der Waals surface area contributed by atoms with Crippen LogP contribution in [0.3, 0.4) is 0 Å². The van der Waals surface area contributed by atoms with Crippen molar-refractivity contribution in [2.75, 3.05) is 7.05 Å². The van der Waals surface area contributed by atoms with Crippen molar-refractivity contribution < 1.29 is 18.0 Å². The molecule has 0 fully saturated rings. The van der Waals surface area contributed by atoms with E-state index in [1.165, 1.54) is 11.9 Å². The molecule has 0 radical (unpaired) electrons. The molecule has 24 heavy (non-hydrogen) atoms. The second-order valence-corrected chi connectivity index (χ2v) is 6.72. The fraction of sp³-hybridized carbons (Fsp3) is 0.462. The van der Waals surface area contributed by atoms with Gasteiger partial charge in [-0.05, 0) is 38.8 Å². The Kier molecular flexibility index (Phi) is 5.43. The summed E-state index contributed by atoms with van der Waals surface area (Å²) in [5, 5.41) is 7.99. The molecule has 0 saturated heterocycles. The van der Waals surface area contributed by atoms with Crippen LogP contribution in [-0.2, 0) is 26.3 Å². The van der Waals surface area contributed by atoms with Crippen molar-refractivity contribution in [1.29, 1.82) is 0 Å². The molecule has 0 aliphatic heterocycles. The van der Waals surface area contributed by atoms with Gasteiger partial charge in [0.1, 0.15) is 0 Å². The van der Waals surface area contributed by atoms with Crippen LogP contribution in [0.15, 0.2) is 15.1 Å². The van der Waals surface area contributed by atoms with Crippen molar-refractivity contribution in [3.63, 3.8) is 0 Å². The zero-order valence-corrected chi connectivity index (χ0v) is 16.2. The van der Waals surface area contributed by atoms with Crippen LogP contribution in [0.4, 0.5) is 13.2 Å². The van der Waals surface area contributed by atoms with Crippen molar-refractivity contribution in [1.82, 2.24) is 24.5 Å². The summed E-state index contributed by atoms with van der Waals surface area (Å²) in [7, 11) is 2.62. The maximum Gasteiger partial charge on any atom is 0.434 e. The van der Waals surface area contributed by atoms with Crippen molar-refractivity contribution in [2.45, 2.75) is 26.2 Å². The van der Waals surface area contributed by atoms with Crippen LogP contribution < -0.4 is 0 Å². The topological polar surface area (TPSA) is 56.0 Å². The molecule has 0 aliphatic rings. The standard InChI is InChI=1S/C13H14Br2F3N5O/c1-4-23-5-7(14)8(19-23)6-21(2)12(24)10-9(15)11(13(16,17)18)22(3)20-10/h5H,4,6H2,1-3H3. The first-order chi connectivity index (χ1) is 11.1. The van der Waals surface area contributed by atoms with E-state index in [4.69, 9.17) is 0 Å². The molecule has 0 aliphatic carbocycles. The van der Waals surface area contributed by atoms with E-state index in [0.717, 1.165) is 11.5 Å². The minimum absolute atomic E-state index is 0.136. The van der Waals surface area contributed by atoms with Gasteiger partial charge >= 0.3 is 6.18 Å². The van der Waals surface area contributed by atoms with Crippen molar-refractivity contribution in [2.24, 2.45) is 7.05 Å². The number of carbonyl (C=O) groups is 1. The second-order valence-electron chi connectivity index (χ2n) is 5.07. The summed E-state index contributed by atoms with van der Waals surface area (Å²) in [5.74, 6) is -0.633. The van der Waals surface area contributed by atoms with Gasteiger partial charge in [0.15, 0.2) is 11.4 Å². The van der Waals surface area contributed by atoms with Crippen LogP contribution in [0.2, 0.25) is 0 Å². The number of aromatic nitrogens is 4. The summed E-state index contributed by atoms with van der Waals surface area (Å²) in [4.78, 5) is 13.7. The van der Waals surface area contributed by atoms with Crippen LogP contribution in [0.25, 0.3) is 0 Å². The van der Waals surface area contributed by atoms with E-state index in [0.29, 0.717) is 16.9 Å². The lowest BCUT2D eigenvalue weighted by Gasteiger charge is -2.15. The number of halogens is 5. The van der Waals surface area contributed by atoms with E-state index in [1.54, 1.807) is 10.9 Å². The molecule has 2 heterocycles. The maximum absolute atomic E-state index is 13.0. The SMILES string of the molecule is CCn1cc(Br)c(CN(C)C(=O)c2nn(C)c(C(F)(F)F)c2Br)n1. The molecular formula is C13H14Br2F3N5O. The quantitative estimate of drug-likeness (QED) is 0.684. The zero-order valence-electron chi connectivity index (χ0n) is 13.0. The van der Waals surface area contributed by atoms with Gasteiger partial charge in [-0.15, -0.1) is 0 Å². The third kappa shape index (κ3) is 3.66. The second kappa shape index (κ2) is 6.87. The van der Waals surface area contributed by atoms with E-state index in [-0.39, 0.29) is 16.7 Å². The van der Waals surface area contributed by atoms with Gasteiger partial charge in [0.2, 0.25) is 0 Å². The monoisotopic (exact) mass is 471 g/mol. The summed E-state index contributed by atoms with van der Waals surface area (Å²) >= 11 is 6.19. The van der Waals surface area contributed by atoms with Gasteiger partial charge in [-0.3, -0.25) is 14.2 Å². The summed E-state index contributed by atoms with van der Waals surface area (Å²) < 4.78 is 41.7. The number of rotatable bonds is 4. The summed E-state index contributed by atoms with van der Waals surface area (Å²) in [5.41, 5.74) is -0.690. The highest BCUT2D eigenvalue weighted by Gasteiger charge is 2.40. The average Bonchev–Trinajstić information content (AvgIpc) is 2.97. The van der Waals surface area contributed by atoms with Gasteiger partial charge in [-0.25, -0.2) is 0 Å². The van der Waals surface area contributed by atoms with E-state index < -0.39 is 17.8 Å². The zero-order chi connectivity index (χ0) is 18.2. The Morgan fingerprint density at radius 3 is 2.42 bits per heavy atom. The highest BCUT2D eigenvalue weighted by Crippen LogP contribution is 2.36. The molecule has 0 atom stereocenters. The first-order valence-corrected chi connectivity index (χ1v) is 8.41. The molecule has 2 aromatic heterocycles. The number of amides is 1. The van der Waals surface area contributed by atoms with Crippen LogP contribution in [0.1, 0.15) is 28.8 Å². The van der Waals surface area contributed by atoms with Gasteiger partial charge in [-0.1, -0.05) is 0 Å². The smallest absolute Gasteiger partial charge is 0.334 e. The summed E-state index contributed by atoms with van der Waals surface area (Å²) in [6, 6.07) is 0. The molecule has 0 unspecified atom stereocenters. The van der Waals surface area contributed by atoms with Crippen LogP contribution in [0, 0.1) is 0 Å². The minimum Gasteiger partial charge on any atom is -0.334 e. The maximum atomic E-state index is 13.0. The fourth-order valence-corrected chi connectivity index (χ4v) is 3.30. The van der Waals surface area contributed by atoms with E-state index in [1.807, 2.05) is 6.92 Å². The van der Waals surface area contributed by atoms with E-state index >= 15 is 0 Å². The molecule has 0 spiro atoms. The molecule has 0 bridgehead atoms. The largest absolute Gasteiger partial charge is 0.434 e. The predicted molar refractivity (Wildman–Crippen MR) is 87.3 cm³/mol. The Morgan fingerprint density at radius 1 is 1.33 bits per heavy atom. The normalized spacial score (nSPS) is 11.8. The summed E-state index contributed by atoms with van der Waals surface area (Å²) in [6.45, 7) is 2.72. The third-order valence-corrected chi connectivity index (χ3v) is 4.72. The Balaban J connectivity index is 2.27. The number of hydrogen-bond acceptors (Lipinski definition) is 3. The highest BCUT2D eigenvalue weighted by molar-refractivity contribution is 9.10. The molecular weight excluding hydrogens is 459 g/mol. The first-order valence-electron chi connectivity index (χ1n) is 6.83. The Hall–Kier alpha value is -1.36. The first kappa shape index (κ1) is 19.0. The van der Waals surface area contributed by atoms with Crippen molar-refractivity contribution in [3.05, 3.63) is 32.2 Å². The highest BCUT2D eigenvalue weighted by atomic mass is 79.9.